The lowest BCUT2D eigenvalue weighted by Crippen LogP contribution is -2.21. The summed E-state index contributed by atoms with van der Waals surface area (Å²) >= 11 is 0. The fourth-order valence-electron chi connectivity index (χ4n) is 0.437. The van der Waals surface area contributed by atoms with Crippen molar-refractivity contribution in [1.29, 1.82) is 0 Å². The molecule has 0 aliphatic heterocycles. The van der Waals surface area contributed by atoms with E-state index in [-0.39, 0.29) is 6.23 Å². The molecule has 3 heteroatoms. The van der Waals surface area contributed by atoms with E-state index < -0.39 is 0 Å². The molecule has 0 aliphatic carbocycles. The van der Waals surface area contributed by atoms with Crippen molar-refractivity contribution in [3.63, 3.8) is 0 Å². The zero-order valence-corrected chi connectivity index (χ0v) is 6.09. The van der Waals surface area contributed by atoms with Gasteiger partial charge in [-0.25, -0.2) is 0 Å². The minimum Gasteiger partial charge on any atom is -0.379 e. The Morgan fingerprint density at radius 2 is 2.11 bits per heavy atom. The third-order valence-electron chi connectivity index (χ3n) is 0.813. The number of hydrogen-bond donors (Lipinski definition) is 1. The molecule has 0 aromatic carbocycles. The van der Waals surface area contributed by atoms with Gasteiger partial charge in [-0.05, 0) is 13.8 Å². The molecular weight excluding hydrogens is 118 g/mol. The molecule has 9 heavy (non-hydrogen) atoms. The van der Waals surface area contributed by atoms with Crippen LogP contribution in [0.5, 0.6) is 0 Å². The van der Waals surface area contributed by atoms with Crippen molar-refractivity contribution in [1.82, 2.24) is 0 Å². The second-order valence-corrected chi connectivity index (χ2v) is 1.77. The summed E-state index contributed by atoms with van der Waals surface area (Å²) in [5.74, 6) is 0. The monoisotopic (exact) mass is 133 g/mol. The van der Waals surface area contributed by atoms with E-state index in [4.69, 9.17) is 15.2 Å². The molecule has 3 nitrogen and oxygen atoms in total. The summed E-state index contributed by atoms with van der Waals surface area (Å²) in [5, 5.41) is 0. The van der Waals surface area contributed by atoms with Gasteiger partial charge in [0.15, 0.2) is 0 Å². The number of hydrogen-bond acceptors (Lipinski definition) is 3. The summed E-state index contributed by atoms with van der Waals surface area (Å²) in [7, 11) is 0. The Hall–Kier alpha value is -0.120. The first-order valence-electron chi connectivity index (χ1n) is 3.22. The predicted molar refractivity (Wildman–Crippen MR) is 36.1 cm³/mol. The lowest BCUT2D eigenvalue weighted by atomic mass is 10.7. The molecule has 0 bridgehead atoms. The molecule has 0 aromatic heterocycles. The topological polar surface area (TPSA) is 44.5 Å². The van der Waals surface area contributed by atoms with Crippen LogP contribution in [0.2, 0.25) is 0 Å². The molecule has 0 saturated carbocycles. The van der Waals surface area contributed by atoms with E-state index in [9.17, 15) is 0 Å². The Morgan fingerprint density at radius 1 is 1.44 bits per heavy atom. The highest BCUT2D eigenvalue weighted by atomic mass is 16.5. The third kappa shape index (κ3) is 7.88. The number of rotatable bonds is 5. The fraction of sp³-hybridized carbons (Fsp3) is 1.00. The van der Waals surface area contributed by atoms with Gasteiger partial charge in [0.2, 0.25) is 0 Å². The van der Waals surface area contributed by atoms with E-state index in [2.05, 4.69) is 0 Å². The van der Waals surface area contributed by atoms with E-state index in [1.165, 1.54) is 0 Å². The SMILES string of the molecule is CCOCCOC(C)N. The van der Waals surface area contributed by atoms with Crippen LogP contribution >= 0.6 is 0 Å². The summed E-state index contributed by atoms with van der Waals surface area (Å²) in [5.41, 5.74) is 5.30. The van der Waals surface area contributed by atoms with Crippen molar-refractivity contribution >= 4 is 0 Å². The smallest absolute Gasteiger partial charge is 0.102 e. The Labute approximate surface area is 56.1 Å². The Kier molecular flexibility index (Phi) is 5.93. The van der Waals surface area contributed by atoms with Gasteiger partial charge in [0.25, 0.3) is 0 Å². The van der Waals surface area contributed by atoms with E-state index in [1.54, 1.807) is 6.92 Å². The van der Waals surface area contributed by atoms with Crippen molar-refractivity contribution in [2.75, 3.05) is 19.8 Å². The molecule has 0 fully saturated rings. The maximum atomic E-state index is 5.30. The Bertz CT molecular complexity index is 57.0. The highest BCUT2D eigenvalue weighted by Gasteiger charge is 1.90. The lowest BCUT2D eigenvalue weighted by molar-refractivity contribution is 0.0182. The molecule has 56 valence electrons. The summed E-state index contributed by atoms with van der Waals surface area (Å²) in [6.45, 7) is 5.71. The van der Waals surface area contributed by atoms with E-state index >= 15 is 0 Å². The van der Waals surface area contributed by atoms with Gasteiger partial charge >= 0.3 is 0 Å². The molecule has 0 rings (SSSR count). The van der Waals surface area contributed by atoms with Crippen molar-refractivity contribution in [2.24, 2.45) is 5.73 Å². The molecule has 1 unspecified atom stereocenters. The van der Waals surface area contributed by atoms with Crippen LogP contribution in [0.15, 0.2) is 0 Å². The van der Waals surface area contributed by atoms with Gasteiger partial charge in [0.05, 0.1) is 13.2 Å². The average Bonchev–Trinajstić information content (AvgIpc) is 1.80. The lowest BCUT2D eigenvalue weighted by Gasteiger charge is -2.06. The fourth-order valence-corrected chi connectivity index (χ4v) is 0.437. The van der Waals surface area contributed by atoms with Gasteiger partial charge in [0.1, 0.15) is 6.23 Å². The number of nitrogens with two attached hydrogens (primary N) is 1. The molecule has 2 N–H and O–H groups in total. The molecular formula is C6H15NO2. The second kappa shape index (κ2) is 6.01. The molecule has 0 saturated heterocycles. The minimum absolute atomic E-state index is 0.176. The van der Waals surface area contributed by atoms with Gasteiger partial charge in [-0.2, -0.15) is 0 Å². The van der Waals surface area contributed by atoms with Crippen LogP contribution in [-0.2, 0) is 9.47 Å². The highest BCUT2D eigenvalue weighted by molar-refractivity contribution is 4.33. The van der Waals surface area contributed by atoms with Crippen molar-refractivity contribution in [3.8, 4) is 0 Å². The van der Waals surface area contributed by atoms with Crippen LogP contribution in [0.25, 0.3) is 0 Å². The van der Waals surface area contributed by atoms with Crippen LogP contribution in [0.1, 0.15) is 13.8 Å². The molecule has 0 aliphatic rings. The summed E-state index contributed by atoms with van der Waals surface area (Å²) in [6.07, 6.45) is -0.176. The molecule has 0 aromatic rings. The largest absolute Gasteiger partial charge is 0.379 e. The normalized spacial score (nSPS) is 13.7. The standard InChI is InChI=1S/C6H15NO2/c1-3-8-4-5-9-6(2)7/h6H,3-5,7H2,1-2H3. The minimum atomic E-state index is -0.176. The summed E-state index contributed by atoms with van der Waals surface area (Å²) in [6, 6.07) is 0. The first kappa shape index (κ1) is 8.88. The van der Waals surface area contributed by atoms with Crippen molar-refractivity contribution in [2.45, 2.75) is 20.1 Å². The first-order chi connectivity index (χ1) is 4.27. The first-order valence-corrected chi connectivity index (χ1v) is 3.22. The zero-order valence-electron chi connectivity index (χ0n) is 6.09. The van der Waals surface area contributed by atoms with E-state index in [1.807, 2.05) is 6.92 Å². The molecule has 0 radical (unpaired) electrons. The van der Waals surface area contributed by atoms with Crippen LogP contribution < -0.4 is 5.73 Å². The molecule has 0 spiro atoms. The van der Waals surface area contributed by atoms with E-state index in [0.29, 0.717) is 13.2 Å². The quantitative estimate of drug-likeness (QED) is 0.434. The zero-order chi connectivity index (χ0) is 7.11. The maximum absolute atomic E-state index is 5.30. The average molecular weight is 133 g/mol. The predicted octanol–water partition coefficient (Wildman–Crippen LogP) is 0.344. The van der Waals surface area contributed by atoms with Gasteiger partial charge in [-0.1, -0.05) is 0 Å². The van der Waals surface area contributed by atoms with Crippen LogP contribution in [0, 0.1) is 0 Å². The molecule has 0 amide bonds. The number of ether oxygens (including phenoxy) is 2. The highest BCUT2D eigenvalue weighted by Crippen LogP contribution is 1.80. The van der Waals surface area contributed by atoms with Gasteiger partial charge < -0.3 is 15.2 Å². The van der Waals surface area contributed by atoms with Crippen molar-refractivity contribution in [3.05, 3.63) is 0 Å². The van der Waals surface area contributed by atoms with E-state index in [0.717, 1.165) is 6.61 Å². The summed E-state index contributed by atoms with van der Waals surface area (Å²) in [4.78, 5) is 0. The van der Waals surface area contributed by atoms with Crippen molar-refractivity contribution < 1.29 is 9.47 Å². The Morgan fingerprint density at radius 3 is 2.56 bits per heavy atom. The van der Waals surface area contributed by atoms with Gasteiger partial charge in [-0.15, -0.1) is 0 Å². The molecule has 0 heterocycles. The van der Waals surface area contributed by atoms with Gasteiger partial charge in [0, 0.05) is 6.61 Å². The Balaban J connectivity index is 2.75. The third-order valence-corrected chi connectivity index (χ3v) is 0.813. The maximum Gasteiger partial charge on any atom is 0.102 e. The summed E-state index contributed by atoms with van der Waals surface area (Å²) < 4.78 is 10.0. The van der Waals surface area contributed by atoms with Crippen LogP contribution in [-0.4, -0.2) is 26.0 Å². The van der Waals surface area contributed by atoms with Gasteiger partial charge in [-0.3, -0.25) is 0 Å². The van der Waals surface area contributed by atoms with Crippen LogP contribution in [0.4, 0.5) is 0 Å². The van der Waals surface area contributed by atoms with Crippen LogP contribution in [0.3, 0.4) is 0 Å². The second-order valence-electron chi connectivity index (χ2n) is 1.77. The molecule has 1 atom stereocenters.